The molecule has 3 aliphatic rings. The van der Waals surface area contributed by atoms with Crippen molar-refractivity contribution >= 4 is 72.2 Å². The lowest BCUT2D eigenvalue weighted by molar-refractivity contribution is -0.384. The van der Waals surface area contributed by atoms with Gasteiger partial charge >= 0.3 is 0 Å². The van der Waals surface area contributed by atoms with Gasteiger partial charge in [0.05, 0.1) is 22.2 Å². The van der Waals surface area contributed by atoms with Gasteiger partial charge in [-0.3, -0.25) is 19.8 Å². The lowest BCUT2D eigenvalue weighted by Crippen LogP contribution is -2.47. The molecule has 1 amide bonds. The van der Waals surface area contributed by atoms with Gasteiger partial charge in [-0.1, -0.05) is 43.2 Å². The Morgan fingerprint density at radius 1 is 1.06 bits per heavy atom. The normalized spacial score (nSPS) is 17.4. The molecule has 18 heteroatoms. The molecule has 2 saturated heterocycles. The summed E-state index contributed by atoms with van der Waals surface area (Å²) in [5.41, 5.74) is 5.46. The summed E-state index contributed by atoms with van der Waals surface area (Å²) < 4.78 is 42.5. The summed E-state index contributed by atoms with van der Waals surface area (Å²) in [6.45, 7) is 11.8. The van der Waals surface area contributed by atoms with Crippen LogP contribution in [-0.2, 0) is 14.8 Å². The molecule has 4 N–H and O–H groups in total. The number of amides is 1. The van der Waals surface area contributed by atoms with Crippen LogP contribution in [0.1, 0.15) is 67.7 Å². The molecular formula is C47H52ClN9O7S. The average Bonchev–Trinajstić information content (AvgIpc) is 3.92. The number of H-pyrrole nitrogens is 2. The number of carbonyl (C=O) groups is 1. The van der Waals surface area contributed by atoms with Gasteiger partial charge in [0, 0.05) is 86.9 Å². The van der Waals surface area contributed by atoms with Crippen LogP contribution in [0.5, 0.6) is 11.5 Å². The molecule has 16 nitrogen and oxygen atoms in total. The van der Waals surface area contributed by atoms with E-state index in [4.69, 9.17) is 21.1 Å². The van der Waals surface area contributed by atoms with Gasteiger partial charge in [0.25, 0.3) is 21.6 Å². The van der Waals surface area contributed by atoms with Gasteiger partial charge in [0.2, 0.25) is 0 Å². The maximum absolute atomic E-state index is 14.2. The number of ether oxygens (including phenoxy) is 2. The van der Waals surface area contributed by atoms with Crippen molar-refractivity contribution in [2.45, 2.75) is 57.8 Å². The number of sulfonamides is 1. The van der Waals surface area contributed by atoms with Crippen molar-refractivity contribution < 1.29 is 27.6 Å². The Labute approximate surface area is 382 Å². The predicted molar refractivity (Wildman–Crippen MR) is 251 cm³/mol. The van der Waals surface area contributed by atoms with E-state index in [2.05, 4.69) is 65.8 Å². The number of benzene rings is 3. The molecule has 3 aromatic heterocycles. The van der Waals surface area contributed by atoms with E-state index in [-0.39, 0.29) is 39.4 Å². The number of carbonyl (C=O) groups excluding carboxylic acids is 1. The minimum Gasteiger partial charge on any atom is -0.455 e. The van der Waals surface area contributed by atoms with Crippen molar-refractivity contribution in [3.63, 3.8) is 0 Å². The fourth-order valence-corrected chi connectivity index (χ4v) is 10.4. The van der Waals surface area contributed by atoms with E-state index in [1.54, 1.807) is 31.3 Å². The minimum absolute atomic E-state index is 0.0375. The number of piperazine rings is 1. The number of allylic oxidation sites excluding steroid dienone is 1. The Kier molecular flexibility index (Phi) is 12.3. The first kappa shape index (κ1) is 44.2. The van der Waals surface area contributed by atoms with Crippen molar-refractivity contribution in [2.24, 2.45) is 11.3 Å². The second kappa shape index (κ2) is 18.1. The van der Waals surface area contributed by atoms with Crippen LogP contribution in [0.3, 0.4) is 0 Å². The Balaban J connectivity index is 0.976. The van der Waals surface area contributed by atoms with Crippen molar-refractivity contribution in [1.29, 1.82) is 0 Å². The largest absolute Gasteiger partial charge is 0.455 e. The molecule has 3 aromatic carbocycles. The second-order valence-electron chi connectivity index (χ2n) is 18.0. The highest BCUT2D eigenvalue weighted by Gasteiger charge is 2.33. The number of nitrogens with zero attached hydrogens (tertiary/aromatic N) is 5. The zero-order valence-electron chi connectivity index (χ0n) is 36.6. The summed E-state index contributed by atoms with van der Waals surface area (Å²) in [7, 11) is -4.75. The van der Waals surface area contributed by atoms with Gasteiger partial charge in [-0.2, -0.15) is 0 Å². The number of hydrogen-bond donors (Lipinski definition) is 4. The van der Waals surface area contributed by atoms with Gasteiger partial charge in [-0.25, -0.2) is 23.1 Å². The Hall–Kier alpha value is -6.01. The number of aromatic amines is 2. The summed E-state index contributed by atoms with van der Waals surface area (Å²) >= 11 is 6.25. The summed E-state index contributed by atoms with van der Waals surface area (Å²) in [6.07, 6.45) is 8.03. The summed E-state index contributed by atoms with van der Waals surface area (Å²) in [5, 5.41) is 17.2. The van der Waals surface area contributed by atoms with E-state index >= 15 is 0 Å². The van der Waals surface area contributed by atoms with Crippen LogP contribution < -0.4 is 19.7 Å². The lowest BCUT2D eigenvalue weighted by atomic mass is 9.72. The number of nitro benzene ring substituents is 1. The third kappa shape index (κ3) is 9.69. The van der Waals surface area contributed by atoms with Crippen LogP contribution in [-0.4, -0.2) is 96.6 Å². The standard InChI is InChI=1S/C47H52ClN9O7S/c1-29-52-43-41(24-39(57(59)60)42(44(43)53-29)50-26-30-12-20-63-21-13-30)65(61,62)54-46(58)37-9-8-35(23-40(37)64-36-22-32-11-15-49-45(32)51-27-36)56-18-16-55(17-19-56)28-33-10-14-47(2,3)25-38(33)31-4-6-34(48)7-5-31/h4-9,11,15,22-24,27,30,50H,10,12-14,16-21,25-26,28H2,1-3H3,(H,49,51)(H,52,53)(H,54,58). The smallest absolute Gasteiger partial charge is 0.296 e. The van der Waals surface area contributed by atoms with Crippen molar-refractivity contribution in [1.82, 2.24) is 29.6 Å². The molecule has 0 atom stereocenters. The molecule has 5 heterocycles. The molecule has 0 saturated carbocycles. The topological polar surface area (TPSA) is 201 Å². The van der Waals surface area contributed by atoms with Crippen molar-refractivity contribution in [2.75, 3.05) is 62.7 Å². The Morgan fingerprint density at radius 3 is 2.58 bits per heavy atom. The van der Waals surface area contributed by atoms with Crippen LogP contribution in [0.2, 0.25) is 5.02 Å². The van der Waals surface area contributed by atoms with Crippen LogP contribution in [0.4, 0.5) is 17.1 Å². The van der Waals surface area contributed by atoms with E-state index in [9.17, 15) is 23.3 Å². The number of hydrogen-bond acceptors (Lipinski definition) is 12. The molecule has 6 aromatic rings. The number of rotatable bonds is 13. The maximum Gasteiger partial charge on any atom is 0.296 e. The number of nitro groups is 1. The lowest BCUT2D eigenvalue weighted by Gasteiger charge is -2.39. The third-order valence-electron chi connectivity index (χ3n) is 12.8. The van der Waals surface area contributed by atoms with Crippen molar-refractivity contribution in [3.8, 4) is 11.5 Å². The molecule has 2 fully saturated rings. The zero-order chi connectivity index (χ0) is 45.5. The number of fused-ring (bicyclic) bond motifs is 2. The van der Waals surface area contributed by atoms with Crippen LogP contribution >= 0.6 is 11.6 Å². The van der Waals surface area contributed by atoms with E-state index < -0.39 is 31.4 Å². The van der Waals surface area contributed by atoms with E-state index in [0.29, 0.717) is 50.1 Å². The number of pyridine rings is 1. The molecule has 0 unspecified atom stereocenters. The number of imidazole rings is 1. The van der Waals surface area contributed by atoms with Gasteiger partial charge < -0.3 is 29.7 Å². The predicted octanol–water partition coefficient (Wildman–Crippen LogP) is 8.84. The molecule has 0 bridgehead atoms. The van der Waals surface area contributed by atoms with Crippen molar-refractivity contribution in [3.05, 3.63) is 111 Å². The zero-order valence-corrected chi connectivity index (χ0v) is 38.2. The molecule has 0 spiro atoms. The molecule has 1 aliphatic carbocycles. The molecule has 65 heavy (non-hydrogen) atoms. The first-order valence-electron chi connectivity index (χ1n) is 22.0. The highest BCUT2D eigenvalue weighted by atomic mass is 35.5. The SMILES string of the molecule is Cc1nc2c(S(=O)(=O)NC(=O)c3ccc(N4CCN(CC5=C(c6ccc(Cl)cc6)CC(C)(C)CC5)CC4)cc3Oc3cnc4[nH]ccc4c3)cc([N+](=O)[O-])c(NCC3CCOCC3)c2[nH]1. The molecule has 9 rings (SSSR count). The number of aryl methyl sites for hydroxylation is 1. The van der Waals surface area contributed by atoms with Crippen LogP contribution in [0.15, 0.2) is 83.5 Å². The third-order valence-corrected chi connectivity index (χ3v) is 14.4. The molecule has 2 aliphatic heterocycles. The fourth-order valence-electron chi connectivity index (χ4n) is 9.18. The molecule has 0 radical (unpaired) electrons. The number of aromatic nitrogens is 4. The Bertz CT molecular complexity index is 2920. The number of nitrogens with one attached hydrogen (secondary N) is 4. The van der Waals surface area contributed by atoms with Gasteiger partial charge in [0.1, 0.15) is 39.1 Å². The molecular weight excluding hydrogens is 870 g/mol. The minimum atomic E-state index is -4.75. The van der Waals surface area contributed by atoms with E-state index in [1.807, 2.05) is 18.2 Å². The van der Waals surface area contributed by atoms with Gasteiger partial charge in [-0.15, -0.1) is 0 Å². The summed E-state index contributed by atoms with van der Waals surface area (Å²) in [4.78, 5) is 45.2. The van der Waals surface area contributed by atoms with Crippen LogP contribution in [0.25, 0.3) is 27.6 Å². The van der Waals surface area contributed by atoms with E-state index in [0.717, 1.165) is 73.9 Å². The fraction of sp³-hybridized carbons (Fsp3) is 0.383. The first-order valence-corrected chi connectivity index (χ1v) is 23.8. The van der Waals surface area contributed by atoms with Gasteiger partial charge in [0.15, 0.2) is 0 Å². The second-order valence-corrected chi connectivity index (χ2v) is 20.1. The highest BCUT2D eigenvalue weighted by Crippen LogP contribution is 2.44. The molecule has 340 valence electrons. The summed E-state index contributed by atoms with van der Waals surface area (Å²) in [5.74, 6) is 0.0126. The highest BCUT2D eigenvalue weighted by molar-refractivity contribution is 7.90. The van der Waals surface area contributed by atoms with E-state index in [1.165, 1.54) is 29.0 Å². The maximum atomic E-state index is 14.2. The number of halogens is 1. The monoisotopic (exact) mass is 921 g/mol. The summed E-state index contributed by atoms with van der Waals surface area (Å²) in [6, 6.07) is 17.8. The first-order chi connectivity index (χ1) is 31.2. The quantitative estimate of drug-likeness (QED) is 0.0635. The van der Waals surface area contributed by atoms with Gasteiger partial charge in [-0.05, 0) is 97.9 Å². The number of anilines is 2. The van der Waals surface area contributed by atoms with Crippen LogP contribution in [0, 0.1) is 28.4 Å². The Morgan fingerprint density at radius 2 is 1.83 bits per heavy atom. The average molecular weight is 923 g/mol.